The van der Waals surface area contributed by atoms with Crippen LogP contribution in [-0.4, -0.2) is 19.6 Å². The Balaban J connectivity index is 1.91. The fraction of sp³-hybridized carbons (Fsp3) is 0.300. The van der Waals surface area contributed by atoms with Crippen molar-refractivity contribution >= 4 is 23.4 Å². The average Bonchev–Trinajstić information content (AvgIpc) is 3.07. The topological polar surface area (TPSA) is 15.3 Å². The molecule has 1 saturated heterocycles. The van der Waals surface area contributed by atoms with Crippen LogP contribution in [0.25, 0.3) is 6.08 Å². The number of hydrogen-bond acceptors (Lipinski definition) is 2. The third kappa shape index (κ3) is 2.35. The SMILES string of the molecule is Cc1c(Cl)cccc1[C@@]1(N2CC(F)=Cc3ccccc32)CCNC1. The smallest absolute Gasteiger partial charge is 0.120 e. The fourth-order valence-corrected chi connectivity index (χ4v) is 4.26. The van der Waals surface area contributed by atoms with E-state index in [1.165, 1.54) is 5.56 Å². The Morgan fingerprint density at radius 1 is 1.17 bits per heavy atom. The van der Waals surface area contributed by atoms with Crippen molar-refractivity contribution in [2.24, 2.45) is 0 Å². The number of hydrogen-bond donors (Lipinski definition) is 1. The van der Waals surface area contributed by atoms with Gasteiger partial charge in [0.05, 0.1) is 12.1 Å². The van der Waals surface area contributed by atoms with Gasteiger partial charge in [0, 0.05) is 22.8 Å². The molecule has 2 nitrogen and oxygen atoms in total. The van der Waals surface area contributed by atoms with Crippen LogP contribution in [0.3, 0.4) is 0 Å². The molecule has 0 unspecified atom stereocenters. The number of halogens is 2. The van der Waals surface area contributed by atoms with E-state index in [0.717, 1.165) is 41.3 Å². The predicted molar refractivity (Wildman–Crippen MR) is 98.2 cm³/mol. The van der Waals surface area contributed by atoms with Crippen LogP contribution in [-0.2, 0) is 5.54 Å². The molecule has 2 aromatic carbocycles. The van der Waals surface area contributed by atoms with Crippen LogP contribution in [0.1, 0.15) is 23.1 Å². The van der Waals surface area contributed by atoms with Crippen LogP contribution in [0, 0.1) is 6.92 Å². The van der Waals surface area contributed by atoms with Gasteiger partial charge in [0.25, 0.3) is 0 Å². The summed E-state index contributed by atoms with van der Waals surface area (Å²) in [5.74, 6) is -0.0975. The minimum atomic E-state index is -0.281. The van der Waals surface area contributed by atoms with Gasteiger partial charge in [0.15, 0.2) is 0 Å². The van der Waals surface area contributed by atoms with Gasteiger partial charge in [-0.25, -0.2) is 4.39 Å². The van der Waals surface area contributed by atoms with E-state index < -0.39 is 0 Å². The van der Waals surface area contributed by atoms with E-state index in [0.29, 0.717) is 6.54 Å². The molecule has 0 aliphatic carbocycles. The van der Waals surface area contributed by atoms with Crippen LogP contribution >= 0.6 is 11.6 Å². The molecule has 1 fully saturated rings. The monoisotopic (exact) mass is 342 g/mol. The fourth-order valence-electron chi connectivity index (χ4n) is 4.08. The Kier molecular flexibility index (Phi) is 3.86. The zero-order chi connectivity index (χ0) is 16.7. The summed E-state index contributed by atoms with van der Waals surface area (Å²) in [6, 6.07) is 14.1. The summed E-state index contributed by atoms with van der Waals surface area (Å²) >= 11 is 6.40. The maximum atomic E-state index is 14.4. The quantitative estimate of drug-likeness (QED) is 0.853. The molecule has 24 heavy (non-hydrogen) atoms. The zero-order valence-electron chi connectivity index (χ0n) is 13.7. The summed E-state index contributed by atoms with van der Waals surface area (Å²) in [7, 11) is 0. The summed E-state index contributed by atoms with van der Waals surface area (Å²) in [6.45, 7) is 4.05. The Hall–Kier alpha value is -1.84. The van der Waals surface area contributed by atoms with E-state index in [1.807, 2.05) is 30.3 Å². The molecular formula is C20H20ClFN2. The van der Waals surface area contributed by atoms with Gasteiger partial charge in [0.1, 0.15) is 5.83 Å². The zero-order valence-corrected chi connectivity index (χ0v) is 14.4. The highest BCUT2D eigenvalue weighted by Crippen LogP contribution is 2.44. The van der Waals surface area contributed by atoms with Gasteiger partial charge < -0.3 is 10.2 Å². The lowest BCUT2D eigenvalue weighted by molar-refractivity contribution is 0.425. The first-order chi connectivity index (χ1) is 11.6. The first-order valence-corrected chi connectivity index (χ1v) is 8.69. The van der Waals surface area contributed by atoms with Gasteiger partial charge in [-0.15, -0.1) is 0 Å². The van der Waals surface area contributed by atoms with E-state index >= 15 is 0 Å². The highest BCUT2D eigenvalue weighted by atomic mass is 35.5. The second kappa shape index (κ2) is 5.91. The van der Waals surface area contributed by atoms with Crippen LogP contribution in [0.2, 0.25) is 5.02 Å². The Morgan fingerprint density at radius 2 is 2.00 bits per heavy atom. The molecule has 2 aliphatic heterocycles. The number of anilines is 1. The van der Waals surface area contributed by atoms with Crippen molar-refractivity contribution in [3.63, 3.8) is 0 Å². The molecule has 0 bridgehead atoms. The molecule has 0 radical (unpaired) electrons. The van der Waals surface area contributed by atoms with Gasteiger partial charge in [-0.1, -0.05) is 41.9 Å². The van der Waals surface area contributed by atoms with Gasteiger partial charge in [0.2, 0.25) is 0 Å². The second-order valence-corrected chi connectivity index (χ2v) is 7.01. The molecule has 4 rings (SSSR count). The van der Waals surface area contributed by atoms with Crippen molar-refractivity contribution in [3.05, 3.63) is 70.0 Å². The predicted octanol–water partition coefficient (Wildman–Crippen LogP) is 4.67. The molecule has 2 aliphatic rings. The van der Waals surface area contributed by atoms with Crippen LogP contribution < -0.4 is 10.2 Å². The number of fused-ring (bicyclic) bond motifs is 1. The number of nitrogens with zero attached hydrogens (tertiary/aromatic N) is 1. The highest BCUT2D eigenvalue weighted by Gasteiger charge is 2.44. The Morgan fingerprint density at radius 3 is 2.79 bits per heavy atom. The lowest BCUT2D eigenvalue weighted by atomic mass is 9.82. The minimum absolute atomic E-state index is 0.0975. The molecule has 0 amide bonds. The van der Waals surface area contributed by atoms with Crippen molar-refractivity contribution in [2.75, 3.05) is 24.5 Å². The summed E-state index contributed by atoms with van der Waals surface area (Å²) in [5, 5.41) is 4.24. The first kappa shape index (κ1) is 15.7. The number of benzene rings is 2. The van der Waals surface area contributed by atoms with Gasteiger partial charge >= 0.3 is 0 Å². The highest BCUT2D eigenvalue weighted by molar-refractivity contribution is 6.31. The van der Waals surface area contributed by atoms with Crippen molar-refractivity contribution in [2.45, 2.75) is 18.9 Å². The molecule has 0 spiro atoms. The average molecular weight is 343 g/mol. The second-order valence-electron chi connectivity index (χ2n) is 6.61. The van der Waals surface area contributed by atoms with Crippen LogP contribution in [0.5, 0.6) is 0 Å². The van der Waals surface area contributed by atoms with Gasteiger partial charge in [-0.3, -0.25) is 0 Å². The summed E-state index contributed by atoms with van der Waals surface area (Å²) in [4.78, 5) is 2.22. The summed E-state index contributed by atoms with van der Waals surface area (Å²) < 4.78 is 14.4. The summed E-state index contributed by atoms with van der Waals surface area (Å²) in [5.41, 5.74) is 4.01. The Labute approximate surface area is 146 Å². The van der Waals surface area contributed by atoms with E-state index in [1.54, 1.807) is 6.08 Å². The van der Waals surface area contributed by atoms with E-state index in [-0.39, 0.29) is 11.4 Å². The van der Waals surface area contributed by atoms with E-state index in [2.05, 4.69) is 29.3 Å². The molecule has 124 valence electrons. The molecule has 0 aromatic heterocycles. The standard InChI is InChI=1S/C20H20ClFN2/c1-14-17(6-4-7-18(14)21)20(9-10-23-13-20)24-12-16(22)11-15-5-2-3-8-19(15)24/h2-8,11,23H,9-10,12-13H2,1H3/t20-/m1/s1. The molecular weight excluding hydrogens is 323 g/mol. The van der Waals surface area contributed by atoms with Crippen molar-refractivity contribution < 1.29 is 4.39 Å². The maximum Gasteiger partial charge on any atom is 0.120 e. The third-order valence-corrected chi connectivity index (χ3v) is 5.68. The van der Waals surface area contributed by atoms with E-state index in [4.69, 9.17) is 11.6 Å². The maximum absolute atomic E-state index is 14.4. The molecule has 1 atom stereocenters. The number of nitrogens with one attached hydrogen (secondary N) is 1. The largest absolute Gasteiger partial charge is 0.353 e. The normalized spacial score (nSPS) is 23.1. The molecule has 2 aromatic rings. The first-order valence-electron chi connectivity index (χ1n) is 8.31. The molecule has 2 heterocycles. The molecule has 0 saturated carbocycles. The van der Waals surface area contributed by atoms with Gasteiger partial charge in [-0.05, 0) is 49.2 Å². The van der Waals surface area contributed by atoms with Crippen molar-refractivity contribution in [1.82, 2.24) is 5.32 Å². The van der Waals surface area contributed by atoms with Gasteiger partial charge in [-0.2, -0.15) is 0 Å². The molecule has 1 N–H and O–H groups in total. The lowest BCUT2D eigenvalue weighted by Crippen LogP contribution is -2.50. The Bertz CT molecular complexity index is 809. The van der Waals surface area contributed by atoms with E-state index in [9.17, 15) is 4.39 Å². The third-order valence-electron chi connectivity index (χ3n) is 5.27. The lowest BCUT2D eigenvalue weighted by Gasteiger charge is -2.45. The minimum Gasteiger partial charge on any atom is -0.353 e. The number of para-hydroxylation sites is 1. The summed E-state index contributed by atoms with van der Waals surface area (Å²) in [6.07, 6.45) is 2.57. The van der Waals surface area contributed by atoms with Crippen molar-refractivity contribution in [1.29, 1.82) is 0 Å². The number of rotatable bonds is 2. The van der Waals surface area contributed by atoms with Crippen molar-refractivity contribution in [3.8, 4) is 0 Å². The van der Waals surface area contributed by atoms with Crippen LogP contribution in [0.4, 0.5) is 10.1 Å². The molecule has 4 heteroatoms. The van der Waals surface area contributed by atoms with Crippen LogP contribution in [0.15, 0.2) is 48.3 Å².